The molecule has 0 aromatic heterocycles. The maximum atomic E-state index is 13.8. The Labute approximate surface area is 191 Å². The second-order valence-electron chi connectivity index (χ2n) is 7.48. The lowest BCUT2D eigenvalue weighted by atomic mass is 10.1. The first-order valence-electron chi connectivity index (χ1n) is 10.2. The predicted molar refractivity (Wildman–Crippen MR) is 118 cm³/mol. The summed E-state index contributed by atoms with van der Waals surface area (Å²) in [6.07, 6.45) is 0.295. The molecule has 0 aliphatic carbocycles. The van der Waals surface area contributed by atoms with Crippen molar-refractivity contribution in [2.75, 3.05) is 25.0 Å². The molecule has 0 unspecified atom stereocenters. The number of nitrogens with zero attached hydrogens (tertiary/aromatic N) is 1. The quantitative estimate of drug-likeness (QED) is 0.505. The number of nitrogens with one attached hydrogen (secondary N) is 2. The fourth-order valence-corrected chi connectivity index (χ4v) is 4.08. The standard InChI is InChI=1S/C22H26F3N3O4S/c1-4-11-28(13-19(29)27-18-8-7-17(23)21(24)22(18)25)20(30)9-10-26-33(31,32)16-6-5-14(2)15(3)12-16/h5-8,12,26H,4,9-11,13H2,1-3H3,(H,27,29). The van der Waals surface area contributed by atoms with Crippen LogP contribution in [0, 0.1) is 31.3 Å². The Hall–Kier alpha value is -2.92. The van der Waals surface area contributed by atoms with E-state index in [1.165, 1.54) is 17.0 Å². The Balaban J connectivity index is 1.97. The van der Waals surface area contributed by atoms with Gasteiger partial charge >= 0.3 is 0 Å². The highest BCUT2D eigenvalue weighted by molar-refractivity contribution is 7.89. The molecule has 0 fully saturated rings. The Bertz CT molecular complexity index is 1140. The maximum absolute atomic E-state index is 13.8. The number of halogens is 3. The van der Waals surface area contributed by atoms with Crippen molar-refractivity contribution in [2.45, 2.75) is 38.5 Å². The molecular weight excluding hydrogens is 459 g/mol. The van der Waals surface area contributed by atoms with Crippen molar-refractivity contribution in [1.29, 1.82) is 0 Å². The number of amides is 2. The SMILES string of the molecule is CCCN(CC(=O)Nc1ccc(F)c(F)c1F)C(=O)CCNS(=O)(=O)c1ccc(C)c(C)c1. The van der Waals surface area contributed by atoms with E-state index in [0.29, 0.717) is 12.5 Å². The summed E-state index contributed by atoms with van der Waals surface area (Å²) in [6.45, 7) is 4.96. The Kier molecular flexibility index (Phi) is 9.00. The minimum Gasteiger partial charge on any atom is -0.333 e. The van der Waals surface area contributed by atoms with Gasteiger partial charge in [-0.2, -0.15) is 0 Å². The van der Waals surface area contributed by atoms with E-state index in [0.717, 1.165) is 17.2 Å². The van der Waals surface area contributed by atoms with Gasteiger partial charge in [0, 0.05) is 19.5 Å². The zero-order valence-corrected chi connectivity index (χ0v) is 19.4. The molecule has 0 saturated carbocycles. The van der Waals surface area contributed by atoms with Crippen molar-refractivity contribution >= 4 is 27.5 Å². The van der Waals surface area contributed by atoms with Crippen molar-refractivity contribution in [3.05, 3.63) is 58.9 Å². The molecule has 33 heavy (non-hydrogen) atoms. The summed E-state index contributed by atoms with van der Waals surface area (Å²) >= 11 is 0. The lowest BCUT2D eigenvalue weighted by molar-refractivity contribution is -0.134. The summed E-state index contributed by atoms with van der Waals surface area (Å²) in [5.41, 5.74) is 1.20. The molecule has 7 nitrogen and oxygen atoms in total. The largest absolute Gasteiger partial charge is 0.333 e. The highest BCUT2D eigenvalue weighted by atomic mass is 32.2. The molecular formula is C22H26F3N3O4S. The molecule has 11 heteroatoms. The fraction of sp³-hybridized carbons (Fsp3) is 0.364. The lowest BCUT2D eigenvalue weighted by Crippen LogP contribution is -2.40. The molecule has 0 aliphatic rings. The smallest absolute Gasteiger partial charge is 0.244 e. The molecule has 2 aromatic rings. The number of hydrogen-bond donors (Lipinski definition) is 2. The highest BCUT2D eigenvalue weighted by Crippen LogP contribution is 2.19. The first-order valence-corrected chi connectivity index (χ1v) is 11.7. The van der Waals surface area contributed by atoms with Crippen LogP contribution in [0.15, 0.2) is 35.2 Å². The van der Waals surface area contributed by atoms with Crippen LogP contribution in [-0.2, 0) is 19.6 Å². The monoisotopic (exact) mass is 485 g/mol. The third kappa shape index (κ3) is 7.03. The van der Waals surface area contributed by atoms with E-state index >= 15 is 0 Å². The van der Waals surface area contributed by atoms with Crippen molar-refractivity contribution < 1.29 is 31.2 Å². The zero-order chi connectivity index (χ0) is 24.8. The second kappa shape index (κ2) is 11.3. The van der Waals surface area contributed by atoms with E-state index in [9.17, 15) is 31.2 Å². The number of carbonyl (C=O) groups is 2. The molecule has 0 aliphatic heterocycles. The van der Waals surface area contributed by atoms with Gasteiger partial charge in [-0.3, -0.25) is 9.59 Å². The minimum absolute atomic E-state index is 0.0800. The normalized spacial score (nSPS) is 11.3. The van der Waals surface area contributed by atoms with Gasteiger partial charge in [0.05, 0.1) is 17.1 Å². The van der Waals surface area contributed by atoms with Gasteiger partial charge in [0.1, 0.15) is 0 Å². The highest BCUT2D eigenvalue weighted by Gasteiger charge is 2.21. The molecule has 2 rings (SSSR count). The van der Waals surface area contributed by atoms with Gasteiger partial charge in [0.25, 0.3) is 0 Å². The van der Waals surface area contributed by atoms with Crippen LogP contribution in [-0.4, -0.2) is 44.8 Å². The number of rotatable bonds is 10. The summed E-state index contributed by atoms with van der Waals surface area (Å²) in [7, 11) is -3.82. The van der Waals surface area contributed by atoms with Gasteiger partial charge in [0.15, 0.2) is 17.5 Å². The zero-order valence-electron chi connectivity index (χ0n) is 18.5. The van der Waals surface area contributed by atoms with Crippen LogP contribution in [0.1, 0.15) is 30.9 Å². The van der Waals surface area contributed by atoms with Crippen LogP contribution in [0.2, 0.25) is 0 Å². The van der Waals surface area contributed by atoms with Gasteiger partial charge in [-0.1, -0.05) is 13.0 Å². The van der Waals surface area contributed by atoms with Gasteiger partial charge in [-0.05, 0) is 55.7 Å². The Morgan fingerprint density at radius 1 is 1.00 bits per heavy atom. The first-order chi connectivity index (χ1) is 15.5. The lowest BCUT2D eigenvalue weighted by Gasteiger charge is -2.22. The third-order valence-corrected chi connectivity index (χ3v) is 6.37. The maximum Gasteiger partial charge on any atom is 0.244 e. The second-order valence-corrected chi connectivity index (χ2v) is 9.25. The summed E-state index contributed by atoms with van der Waals surface area (Å²) in [5, 5.41) is 2.11. The number of hydrogen-bond acceptors (Lipinski definition) is 4. The number of benzene rings is 2. The van der Waals surface area contributed by atoms with E-state index < -0.39 is 51.5 Å². The summed E-state index contributed by atoms with van der Waals surface area (Å²) in [6, 6.07) is 6.23. The molecule has 0 saturated heterocycles. The minimum atomic E-state index is -3.82. The van der Waals surface area contributed by atoms with Gasteiger partial charge < -0.3 is 10.2 Å². The van der Waals surface area contributed by atoms with E-state index in [4.69, 9.17) is 0 Å². The van der Waals surface area contributed by atoms with E-state index in [2.05, 4.69) is 10.0 Å². The van der Waals surface area contributed by atoms with Crippen LogP contribution >= 0.6 is 0 Å². The Morgan fingerprint density at radius 3 is 2.33 bits per heavy atom. The summed E-state index contributed by atoms with van der Waals surface area (Å²) < 4.78 is 67.4. The summed E-state index contributed by atoms with van der Waals surface area (Å²) in [4.78, 5) is 26.0. The third-order valence-electron chi connectivity index (χ3n) is 4.91. The molecule has 2 N–H and O–H groups in total. The average Bonchev–Trinajstić information content (AvgIpc) is 2.75. The van der Waals surface area contributed by atoms with Crippen LogP contribution < -0.4 is 10.0 Å². The molecule has 0 heterocycles. The van der Waals surface area contributed by atoms with Gasteiger partial charge in [-0.15, -0.1) is 0 Å². The van der Waals surface area contributed by atoms with Crippen molar-refractivity contribution in [2.24, 2.45) is 0 Å². The number of anilines is 1. The topological polar surface area (TPSA) is 95.6 Å². The number of aryl methyl sites for hydroxylation is 2. The van der Waals surface area contributed by atoms with Crippen LogP contribution in [0.3, 0.4) is 0 Å². The average molecular weight is 486 g/mol. The molecule has 180 valence electrons. The summed E-state index contributed by atoms with van der Waals surface area (Å²) in [5.74, 6) is -5.96. The van der Waals surface area contributed by atoms with Crippen molar-refractivity contribution in [3.8, 4) is 0 Å². The molecule has 2 amide bonds. The van der Waals surface area contributed by atoms with E-state index in [-0.39, 0.29) is 24.4 Å². The van der Waals surface area contributed by atoms with Crippen molar-refractivity contribution in [3.63, 3.8) is 0 Å². The number of carbonyl (C=O) groups excluding carboxylic acids is 2. The molecule has 0 spiro atoms. The van der Waals surface area contributed by atoms with E-state index in [1.807, 2.05) is 6.92 Å². The molecule has 0 bridgehead atoms. The number of sulfonamides is 1. The van der Waals surface area contributed by atoms with E-state index in [1.54, 1.807) is 19.9 Å². The van der Waals surface area contributed by atoms with Crippen molar-refractivity contribution in [1.82, 2.24) is 9.62 Å². The first kappa shape index (κ1) is 26.3. The predicted octanol–water partition coefficient (Wildman–Crippen LogP) is 3.27. The Morgan fingerprint density at radius 2 is 1.70 bits per heavy atom. The van der Waals surface area contributed by atoms with Crippen LogP contribution in [0.25, 0.3) is 0 Å². The van der Waals surface area contributed by atoms with Crippen LogP contribution in [0.5, 0.6) is 0 Å². The van der Waals surface area contributed by atoms with Gasteiger partial charge in [0.2, 0.25) is 21.8 Å². The van der Waals surface area contributed by atoms with Crippen LogP contribution in [0.4, 0.5) is 18.9 Å². The fourth-order valence-electron chi connectivity index (χ4n) is 2.96. The molecule has 2 aromatic carbocycles. The molecule has 0 radical (unpaired) electrons. The van der Waals surface area contributed by atoms with Gasteiger partial charge in [-0.25, -0.2) is 26.3 Å². The molecule has 0 atom stereocenters.